The van der Waals surface area contributed by atoms with Crippen molar-refractivity contribution < 1.29 is 23.2 Å². The normalized spacial score (nSPS) is 15.7. The molecule has 0 amide bonds. The molecule has 0 fully saturated rings. The van der Waals surface area contributed by atoms with Crippen LogP contribution in [0.4, 0.5) is 14.6 Å². The average Bonchev–Trinajstić information content (AvgIpc) is 3.13. The fourth-order valence-corrected chi connectivity index (χ4v) is 2.94. The van der Waals surface area contributed by atoms with Gasteiger partial charge in [0.2, 0.25) is 0 Å². The molecule has 4 rings (SSSR count). The number of ether oxygens (including phenoxy) is 2. The van der Waals surface area contributed by atoms with Crippen LogP contribution in [0.2, 0.25) is 0 Å². The van der Waals surface area contributed by atoms with Crippen LogP contribution in [-0.2, 0) is 17.9 Å². The van der Waals surface area contributed by atoms with Crippen molar-refractivity contribution in [3.63, 3.8) is 0 Å². The first-order valence-corrected chi connectivity index (χ1v) is 8.50. The van der Waals surface area contributed by atoms with Crippen LogP contribution < -0.4 is 4.74 Å². The molecule has 3 aromatic rings. The summed E-state index contributed by atoms with van der Waals surface area (Å²) >= 11 is 0. The lowest BCUT2D eigenvalue weighted by Crippen LogP contribution is -2.32. The molecule has 0 radical (unpaired) electrons. The Balaban J connectivity index is 1.37. The van der Waals surface area contributed by atoms with Crippen molar-refractivity contribution in [2.24, 2.45) is 0 Å². The molecule has 28 heavy (non-hydrogen) atoms. The number of rotatable bonds is 5. The van der Waals surface area contributed by atoms with Crippen molar-refractivity contribution in [2.45, 2.75) is 19.3 Å². The van der Waals surface area contributed by atoms with Crippen LogP contribution in [-0.4, -0.2) is 27.2 Å². The second-order valence-corrected chi connectivity index (χ2v) is 6.36. The number of imidazole rings is 1. The van der Waals surface area contributed by atoms with Crippen LogP contribution in [0.3, 0.4) is 0 Å². The predicted molar refractivity (Wildman–Crippen MR) is 94.7 cm³/mol. The summed E-state index contributed by atoms with van der Waals surface area (Å²) in [5.74, 6) is -2.03. The highest BCUT2D eigenvalue weighted by atomic mass is 19.2. The Morgan fingerprint density at radius 2 is 1.93 bits per heavy atom. The first-order chi connectivity index (χ1) is 13.5. The van der Waals surface area contributed by atoms with E-state index in [-0.39, 0.29) is 24.5 Å². The Kier molecular flexibility index (Phi) is 4.74. The number of halogens is 2. The highest BCUT2D eigenvalue weighted by Gasteiger charge is 2.28. The van der Waals surface area contributed by atoms with Crippen LogP contribution >= 0.6 is 0 Å². The molecule has 0 N–H and O–H groups in total. The van der Waals surface area contributed by atoms with Gasteiger partial charge in [0, 0.05) is 4.98 Å². The van der Waals surface area contributed by atoms with Gasteiger partial charge in [-0.15, -0.1) is 0 Å². The average molecular weight is 387 g/mol. The van der Waals surface area contributed by atoms with Crippen LogP contribution in [0.25, 0.3) is 11.1 Å². The first-order valence-electron chi connectivity index (χ1n) is 8.50. The minimum Gasteiger partial charge on any atom is -0.443 e. The Bertz CT molecular complexity index is 1020. The quantitative estimate of drug-likeness (QED) is 0.493. The summed E-state index contributed by atoms with van der Waals surface area (Å²) in [6, 6.07) is 11.3. The minimum atomic E-state index is -0.888. The van der Waals surface area contributed by atoms with Crippen LogP contribution in [0.15, 0.2) is 48.7 Å². The zero-order valence-corrected chi connectivity index (χ0v) is 14.5. The number of hydrogen-bond donors (Lipinski definition) is 0. The summed E-state index contributed by atoms with van der Waals surface area (Å²) in [6.07, 6.45) is 1.05. The van der Waals surface area contributed by atoms with E-state index in [0.29, 0.717) is 18.7 Å². The molecule has 1 aliphatic rings. The van der Waals surface area contributed by atoms with Crippen LogP contribution in [0.5, 0.6) is 6.01 Å². The third-order valence-corrected chi connectivity index (χ3v) is 4.41. The maximum absolute atomic E-state index is 13.4. The lowest BCUT2D eigenvalue weighted by Gasteiger charge is -2.22. The van der Waals surface area contributed by atoms with Gasteiger partial charge in [-0.1, -0.05) is 30.3 Å². The molecule has 0 unspecified atom stereocenters. The second kappa shape index (κ2) is 7.35. The third-order valence-electron chi connectivity index (χ3n) is 4.41. The van der Waals surface area contributed by atoms with E-state index in [4.69, 9.17) is 9.47 Å². The van der Waals surface area contributed by atoms with Gasteiger partial charge in [-0.3, -0.25) is 4.57 Å². The Labute approximate surface area is 158 Å². The van der Waals surface area contributed by atoms with Crippen molar-refractivity contribution in [3.8, 4) is 17.1 Å². The summed E-state index contributed by atoms with van der Waals surface area (Å²) < 4.78 is 39.2. The highest BCUT2D eigenvalue weighted by Crippen LogP contribution is 2.24. The number of aromatic nitrogens is 2. The van der Waals surface area contributed by atoms with Gasteiger partial charge in [0.15, 0.2) is 11.6 Å². The van der Waals surface area contributed by atoms with E-state index in [2.05, 4.69) is 4.98 Å². The van der Waals surface area contributed by atoms with Crippen molar-refractivity contribution in [2.75, 3.05) is 6.61 Å². The predicted octanol–water partition coefficient (Wildman–Crippen LogP) is 3.71. The van der Waals surface area contributed by atoms with Gasteiger partial charge in [-0.05, 0) is 33.7 Å². The third kappa shape index (κ3) is 3.70. The summed E-state index contributed by atoms with van der Waals surface area (Å²) in [4.78, 5) is 14.0. The maximum atomic E-state index is 13.4. The molecule has 0 saturated heterocycles. The Hall–Kier alpha value is -3.33. The van der Waals surface area contributed by atoms with E-state index in [0.717, 1.165) is 23.3 Å². The van der Waals surface area contributed by atoms with Crippen molar-refractivity contribution in [1.82, 2.24) is 9.55 Å². The van der Waals surface area contributed by atoms with Gasteiger partial charge >= 0.3 is 11.8 Å². The van der Waals surface area contributed by atoms with E-state index in [1.807, 2.05) is 12.1 Å². The largest absolute Gasteiger partial charge is 0.443 e. The smallest absolute Gasteiger partial charge is 0.414 e. The van der Waals surface area contributed by atoms with Crippen molar-refractivity contribution >= 4 is 5.82 Å². The standard InChI is InChI=1S/C19H15F2N3O4/c20-16-6-5-14(7-17(16)21)13-3-1-12(2-4-13)10-27-15-8-23-9-18(24(25)26)22-19(23)28-11-15/h1-7,9,15H,8,10-11H2/t15-/m0/s1. The molecule has 7 nitrogen and oxygen atoms in total. The lowest BCUT2D eigenvalue weighted by atomic mass is 10.0. The van der Waals surface area contributed by atoms with Crippen LogP contribution in [0.1, 0.15) is 5.56 Å². The number of fused-ring (bicyclic) bond motifs is 1. The van der Waals surface area contributed by atoms with Gasteiger partial charge in [-0.2, -0.15) is 0 Å². The molecular formula is C19H15F2N3O4. The molecular weight excluding hydrogens is 372 g/mol. The van der Waals surface area contributed by atoms with Crippen molar-refractivity contribution in [3.05, 3.63) is 76.0 Å². The number of benzene rings is 2. The first kappa shape index (κ1) is 18.1. The molecule has 1 aromatic heterocycles. The lowest BCUT2D eigenvalue weighted by molar-refractivity contribution is -0.389. The SMILES string of the molecule is O=[N+]([O-])c1cn2c(n1)OC[C@@H](OCc1ccc(-c3ccc(F)c(F)c3)cc1)C2. The summed E-state index contributed by atoms with van der Waals surface area (Å²) in [5, 5.41) is 10.8. The fourth-order valence-electron chi connectivity index (χ4n) is 2.94. The van der Waals surface area contributed by atoms with Gasteiger partial charge in [0.1, 0.15) is 18.9 Å². The van der Waals surface area contributed by atoms with Gasteiger partial charge in [-0.25, -0.2) is 8.78 Å². The van der Waals surface area contributed by atoms with Crippen molar-refractivity contribution in [1.29, 1.82) is 0 Å². The van der Waals surface area contributed by atoms with E-state index in [9.17, 15) is 18.9 Å². The van der Waals surface area contributed by atoms with E-state index < -0.39 is 16.6 Å². The minimum absolute atomic E-state index is 0.211. The molecule has 0 aliphatic carbocycles. The molecule has 0 bridgehead atoms. The molecule has 0 spiro atoms. The van der Waals surface area contributed by atoms with Crippen LogP contribution in [0, 0.1) is 21.7 Å². The second-order valence-electron chi connectivity index (χ2n) is 6.36. The van der Waals surface area contributed by atoms with E-state index in [1.54, 1.807) is 16.7 Å². The number of hydrogen-bond acceptors (Lipinski definition) is 5. The number of nitrogens with zero attached hydrogens (tertiary/aromatic N) is 3. The molecule has 0 saturated carbocycles. The zero-order valence-electron chi connectivity index (χ0n) is 14.5. The molecule has 9 heteroatoms. The zero-order chi connectivity index (χ0) is 19.7. The topological polar surface area (TPSA) is 79.4 Å². The van der Waals surface area contributed by atoms with Gasteiger partial charge in [0.05, 0.1) is 13.2 Å². The highest BCUT2D eigenvalue weighted by molar-refractivity contribution is 5.63. The summed E-state index contributed by atoms with van der Waals surface area (Å²) in [6.45, 7) is 0.975. The maximum Gasteiger partial charge on any atom is 0.414 e. The van der Waals surface area contributed by atoms with Gasteiger partial charge < -0.3 is 19.6 Å². The Morgan fingerprint density at radius 1 is 1.18 bits per heavy atom. The summed E-state index contributed by atoms with van der Waals surface area (Å²) in [5.41, 5.74) is 2.24. The monoisotopic (exact) mass is 387 g/mol. The molecule has 2 heterocycles. The molecule has 1 aliphatic heterocycles. The summed E-state index contributed by atoms with van der Waals surface area (Å²) in [7, 11) is 0. The molecule has 2 aromatic carbocycles. The van der Waals surface area contributed by atoms with Gasteiger partial charge in [0.25, 0.3) is 0 Å². The Morgan fingerprint density at radius 3 is 2.64 bits per heavy atom. The number of nitro groups is 1. The molecule has 1 atom stereocenters. The fraction of sp³-hybridized carbons (Fsp3) is 0.211. The van der Waals surface area contributed by atoms with E-state index >= 15 is 0 Å². The molecule has 144 valence electrons. The van der Waals surface area contributed by atoms with E-state index in [1.165, 1.54) is 12.3 Å².